The number of hydrogen-bond donors (Lipinski definition) is 2. The van der Waals surface area contributed by atoms with Gasteiger partial charge in [0.1, 0.15) is 11.3 Å². The first-order valence-corrected chi connectivity index (χ1v) is 10.9. The second-order valence-electron chi connectivity index (χ2n) is 7.91. The van der Waals surface area contributed by atoms with E-state index in [2.05, 4.69) is 10.3 Å². The first-order chi connectivity index (χ1) is 16.5. The van der Waals surface area contributed by atoms with Crippen molar-refractivity contribution >= 4 is 22.8 Å². The Bertz CT molecular complexity index is 1370. The molecule has 174 valence electrons. The van der Waals surface area contributed by atoms with Gasteiger partial charge in [-0.1, -0.05) is 30.3 Å². The minimum Gasteiger partial charge on any atom is -0.488 e. The Morgan fingerprint density at radius 3 is 2.79 bits per heavy atom. The van der Waals surface area contributed by atoms with E-state index in [9.17, 15) is 9.18 Å². The van der Waals surface area contributed by atoms with E-state index in [1.165, 1.54) is 17.7 Å². The van der Waals surface area contributed by atoms with E-state index in [1.54, 1.807) is 0 Å². The van der Waals surface area contributed by atoms with Crippen molar-refractivity contribution in [2.75, 3.05) is 19.0 Å². The molecule has 2 aromatic heterocycles. The summed E-state index contributed by atoms with van der Waals surface area (Å²) in [6.45, 7) is 1.09. The summed E-state index contributed by atoms with van der Waals surface area (Å²) < 4.78 is 27.3. The van der Waals surface area contributed by atoms with Crippen molar-refractivity contribution in [1.29, 1.82) is 0 Å². The Kier molecular flexibility index (Phi) is 5.70. The fourth-order valence-electron chi connectivity index (χ4n) is 4.01. The van der Waals surface area contributed by atoms with Crippen LogP contribution < -0.4 is 20.5 Å². The van der Waals surface area contributed by atoms with Crippen LogP contribution in [0.5, 0.6) is 11.8 Å². The summed E-state index contributed by atoms with van der Waals surface area (Å²) >= 11 is 0. The molecule has 1 amide bonds. The molecule has 34 heavy (non-hydrogen) atoms. The summed E-state index contributed by atoms with van der Waals surface area (Å²) in [5.74, 6) is -0.0881. The number of carbonyl (C=O) groups excluding carboxylic acids is 1. The highest BCUT2D eigenvalue weighted by atomic mass is 19.1. The van der Waals surface area contributed by atoms with Crippen LogP contribution in [0, 0.1) is 5.82 Å². The predicted molar refractivity (Wildman–Crippen MR) is 124 cm³/mol. The molecule has 0 saturated heterocycles. The summed E-state index contributed by atoms with van der Waals surface area (Å²) in [4.78, 5) is 25.7. The maximum absolute atomic E-state index is 14.4. The Labute approximate surface area is 194 Å². The van der Waals surface area contributed by atoms with Crippen LogP contribution in [0.1, 0.15) is 34.5 Å². The van der Waals surface area contributed by atoms with Gasteiger partial charge in [-0.15, -0.1) is 0 Å². The number of aromatic nitrogens is 4. The lowest BCUT2D eigenvalue weighted by molar-refractivity contribution is 0.100. The number of primary amides is 1. The van der Waals surface area contributed by atoms with Crippen LogP contribution in [0.4, 0.5) is 10.2 Å². The van der Waals surface area contributed by atoms with Gasteiger partial charge in [-0.25, -0.2) is 13.9 Å². The molecule has 2 aromatic carbocycles. The van der Waals surface area contributed by atoms with Gasteiger partial charge in [-0.2, -0.15) is 9.97 Å². The maximum atomic E-state index is 14.4. The van der Waals surface area contributed by atoms with Crippen molar-refractivity contribution in [3.63, 3.8) is 0 Å². The summed E-state index contributed by atoms with van der Waals surface area (Å²) in [5.41, 5.74) is 7.70. The van der Waals surface area contributed by atoms with Crippen LogP contribution in [0.15, 0.2) is 42.5 Å². The third-order valence-corrected chi connectivity index (χ3v) is 5.62. The van der Waals surface area contributed by atoms with Gasteiger partial charge in [0.2, 0.25) is 5.95 Å². The number of benzene rings is 2. The van der Waals surface area contributed by atoms with Crippen molar-refractivity contribution in [3.05, 3.63) is 65.1 Å². The van der Waals surface area contributed by atoms with E-state index in [0.29, 0.717) is 31.1 Å². The highest BCUT2D eigenvalue weighted by Crippen LogP contribution is 2.34. The molecule has 0 aliphatic carbocycles. The average Bonchev–Trinajstić information content (AvgIpc) is 3.03. The first kappa shape index (κ1) is 21.6. The second-order valence-corrected chi connectivity index (χ2v) is 7.91. The van der Waals surface area contributed by atoms with Crippen LogP contribution in [0.2, 0.25) is 0 Å². The van der Waals surface area contributed by atoms with Crippen molar-refractivity contribution in [1.82, 2.24) is 19.5 Å². The van der Waals surface area contributed by atoms with Gasteiger partial charge in [0.15, 0.2) is 11.6 Å². The van der Waals surface area contributed by atoms with Crippen molar-refractivity contribution in [3.8, 4) is 17.7 Å². The minimum absolute atomic E-state index is 0.0485. The predicted octanol–water partition coefficient (Wildman–Crippen LogP) is 3.39. The van der Waals surface area contributed by atoms with Crippen LogP contribution in [0.25, 0.3) is 17.0 Å². The number of methoxy groups -OCH3 is 1. The number of carbonyl (C=O) groups is 1. The van der Waals surface area contributed by atoms with Crippen LogP contribution in [-0.2, 0) is 13.0 Å². The highest BCUT2D eigenvalue weighted by Gasteiger charge is 2.24. The number of fused-ring (bicyclic) bond motifs is 2. The number of ether oxygens (including phenoxy) is 2. The number of aryl methyl sites for hydroxylation is 1. The molecule has 3 N–H and O–H groups in total. The molecule has 0 spiro atoms. The van der Waals surface area contributed by atoms with Crippen LogP contribution in [0.3, 0.4) is 0 Å². The number of nitrogens with two attached hydrogens (primary N) is 1. The molecular weight excluding hydrogens is 439 g/mol. The lowest BCUT2D eigenvalue weighted by Gasteiger charge is -2.16. The number of nitrogens with zero attached hydrogens (tertiary/aromatic N) is 4. The van der Waals surface area contributed by atoms with E-state index in [-0.39, 0.29) is 28.6 Å². The van der Waals surface area contributed by atoms with Gasteiger partial charge in [-0.05, 0) is 30.9 Å². The van der Waals surface area contributed by atoms with Crippen molar-refractivity contribution < 1.29 is 18.7 Å². The molecule has 0 unspecified atom stereocenters. The molecule has 9 nitrogen and oxygen atoms in total. The van der Waals surface area contributed by atoms with Crippen molar-refractivity contribution in [2.45, 2.75) is 25.8 Å². The monoisotopic (exact) mass is 462 g/mol. The molecule has 1 aliphatic rings. The van der Waals surface area contributed by atoms with E-state index in [0.717, 1.165) is 30.2 Å². The van der Waals surface area contributed by atoms with Gasteiger partial charge >= 0.3 is 6.01 Å². The highest BCUT2D eigenvalue weighted by molar-refractivity contribution is 6.04. The molecule has 0 fully saturated rings. The largest absolute Gasteiger partial charge is 0.488 e. The molecule has 5 rings (SSSR count). The lowest BCUT2D eigenvalue weighted by Crippen LogP contribution is -2.13. The standard InChI is InChI=1S/C24H23FN6O3/c1-33-24-29-19-16(21(26)32)11-15(25)12-18(19)31(24)23-28-17-9-5-6-10-34-20(17)22(30-23)27-13-14-7-3-2-4-8-14/h2-4,7-8,11-12H,5-6,9-10,13H2,1H3,(H2,26,32)(H,27,28,30). The molecule has 10 heteroatoms. The molecule has 0 radical (unpaired) electrons. The van der Waals surface area contributed by atoms with Crippen LogP contribution >= 0.6 is 0 Å². The smallest absolute Gasteiger partial charge is 0.304 e. The maximum Gasteiger partial charge on any atom is 0.304 e. The first-order valence-electron chi connectivity index (χ1n) is 10.9. The van der Waals surface area contributed by atoms with Gasteiger partial charge in [0.25, 0.3) is 5.91 Å². The summed E-state index contributed by atoms with van der Waals surface area (Å²) in [5, 5.41) is 3.35. The zero-order valence-corrected chi connectivity index (χ0v) is 18.5. The molecule has 0 bridgehead atoms. The van der Waals surface area contributed by atoms with E-state index in [1.807, 2.05) is 30.3 Å². The van der Waals surface area contributed by atoms with Gasteiger partial charge in [-0.3, -0.25) is 4.79 Å². The normalized spacial score (nSPS) is 13.1. The van der Waals surface area contributed by atoms with Gasteiger partial charge < -0.3 is 20.5 Å². The topological polar surface area (TPSA) is 117 Å². The summed E-state index contributed by atoms with van der Waals surface area (Å²) in [6.07, 6.45) is 2.50. The minimum atomic E-state index is -0.793. The van der Waals surface area contributed by atoms with E-state index >= 15 is 0 Å². The summed E-state index contributed by atoms with van der Waals surface area (Å²) in [6, 6.07) is 12.3. The molecule has 1 aliphatic heterocycles. The summed E-state index contributed by atoms with van der Waals surface area (Å²) in [7, 11) is 1.43. The number of imidazole rings is 1. The third-order valence-electron chi connectivity index (χ3n) is 5.62. The number of halogens is 1. The number of hydrogen-bond acceptors (Lipinski definition) is 7. The van der Waals surface area contributed by atoms with Gasteiger partial charge in [0.05, 0.1) is 30.5 Å². The molecule has 0 atom stereocenters. The number of nitrogens with one attached hydrogen (secondary N) is 1. The second kappa shape index (κ2) is 8.97. The fraction of sp³-hybridized carbons (Fsp3) is 0.250. The van der Waals surface area contributed by atoms with Gasteiger partial charge in [0, 0.05) is 12.6 Å². The zero-order chi connectivity index (χ0) is 23.7. The number of anilines is 1. The van der Waals surface area contributed by atoms with E-state index < -0.39 is 11.7 Å². The van der Waals surface area contributed by atoms with Crippen molar-refractivity contribution in [2.24, 2.45) is 5.73 Å². The van der Waals surface area contributed by atoms with Crippen LogP contribution in [-0.4, -0.2) is 39.1 Å². The Hall–Kier alpha value is -4.21. The third kappa shape index (κ3) is 3.98. The average molecular weight is 462 g/mol. The fourth-order valence-corrected chi connectivity index (χ4v) is 4.01. The number of rotatable bonds is 6. The van der Waals surface area contributed by atoms with E-state index in [4.69, 9.17) is 25.2 Å². The Balaban J connectivity index is 1.68. The SMILES string of the molecule is COc1nc2c(C(N)=O)cc(F)cc2n1-c1nc2c(c(NCc3ccccc3)n1)OCCCC2. The molecular formula is C24H23FN6O3. The molecule has 3 heterocycles. The number of amides is 1. The molecule has 0 saturated carbocycles. The lowest BCUT2D eigenvalue weighted by atomic mass is 10.1. The molecule has 4 aromatic rings. The quantitative estimate of drug-likeness (QED) is 0.451. The Morgan fingerprint density at radius 1 is 1.21 bits per heavy atom. The zero-order valence-electron chi connectivity index (χ0n) is 18.5. The Morgan fingerprint density at radius 2 is 2.03 bits per heavy atom.